The quantitative estimate of drug-likeness (QED) is 0.298. The zero-order valence-electron chi connectivity index (χ0n) is 18.9. The smallest absolute Gasteiger partial charge is 0.316 e. The van der Waals surface area contributed by atoms with Gasteiger partial charge in [-0.1, -0.05) is 30.4 Å². The third-order valence-electron chi connectivity index (χ3n) is 8.50. The molecule has 2 saturated carbocycles. The van der Waals surface area contributed by atoms with Gasteiger partial charge in [0.05, 0.1) is 23.4 Å². The maximum absolute atomic E-state index is 13.3. The van der Waals surface area contributed by atoms with Crippen LogP contribution in [-0.2, 0) is 19.2 Å². The molecule has 0 radical (unpaired) electrons. The Bertz CT molecular complexity index is 1250. The van der Waals surface area contributed by atoms with Crippen LogP contribution in [-0.4, -0.2) is 30.2 Å². The van der Waals surface area contributed by atoms with Crippen molar-refractivity contribution in [1.82, 2.24) is 0 Å². The second-order valence-corrected chi connectivity index (χ2v) is 10.3. The summed E-state index contributed by atoms with van der Waals surface area (Å²) in [6.07, 6.45) is 5.54. The fraction of sp³-hybridized carbons (Fsp3) is 0.357. The summed E-state index contributed by atoms with van der Waals surface area (Å²) in [6.45, 7) is 0.275. The van der Waals surface area contributed by atoms with Crippen LogP contribution in [0.15, 0.2) is 66.7 Å². The first kappa shape index (κ1) is 20.6. The molecule has 6 aliphatic rings. The van der Waals surface area contributed by atoms with Gasteiger partial charge in [0.2, 0.25) is 17.7 Å². The van der Waals surface area contributed by atoms with Gasteiger partial charge in [0.25, 0.3) is 0 Å². The van der Waals surface area contributed by atoms with Crippen LogP contribution in [0, 0.1) is 41.4 Å². The number of amides is 3. The average Bonchev–Trinajstić information content (AvgIpc) is 3.55. The van der Waals surface area contributed by atoms with E-state index in [0.29, 0.717) is 23.3 Å². The Morgan fingerprint density at radius 1 is 0.800 bits per heavy atom. The molecule has 3 amide bonds. The maximum Gasteiger partial charge on any atom is 0.316 e. The van der Waals surface area contributed by atoms with Crippen molar-refractivity contribution in [3.8, 4) is 5.75 Å². The minimum atomic E-state index is -0.554. The number of anilines is 2. The molecule has 7 heteroatoms. The number of nitrogens with zero attached hydrogens (tertiary/aromatic N) is 2. The van der Waals surface area contributed by atoms with Crippen LogP contribution < -0.4 is 14.5 Å². The molecule has 176 valence electrons. The Hall–Kier alpha value is -3.74. The normalized spacial score (nSPS) is 34.3. The highest BCUT2D eigenvalue weighted by Crippen LogP contribution is 2.65. The van der Waals surface area contributed by atoms with E-state index in [4.69, 9.17) is 4.74 Å². The van der Waals surface area contributed by atoms with Crippen molar-refractivity contribution < 1.29 is 23.9 Å². The van der Waals surface area contributed by atoms with Gasteiger partial charge < -0.3 is 9.64 Å². The zero-order valence-corrected chi connectivity index (χ0v) is 18.9. The number of ether oxygens (including phenoxy) is 1. The summed E-state index contributed by atoms with van der Waals surface area (Å²) in [5, 5.41) is 0. The second-order valence-electron chi connectivity index (χ2n) is 10.3. The Balaban J connectivity index is 1.04. The molecule has 2 aromatic carbocycles. The van der Waals surface area contributed by atoms with Gasteiger partial charge in [-0.05, 0) is 66.5 Å². The fourth-order valence-corrected chi connectivity index (χ4v) is 6.80. The number of para-hydroxylation sites is 1. The Kier molecular flexibility index (Phi) is 4.35. The largest absolute Gasteiger partial charge is 0.426 e. The predicted octanol–water partition coefficient (Wildman–Crippen LogP) is 3.20. The van der Waals surface area contributed by atoms with Gasteiger partial charge in [-0.15, -0.1) is 0 Å². The molecule has 8 rings (SSSR count). The van der Waals surface area contributed by atoms with Crippen LogP contribution in [0.3, 0.4) is 0 Å². The summed E-state index contributed by atoms with van der Waals surface area (Å²) >= 11 is 0. The van der Waals surface area contributed by atoms with Crippen molar-refractivity contribution in [3.05, 3.63) is 66.7 Å². The van der Waals surface area contributed by atoms with Gasteiger partial charge in [-0.3, -0.25) is 24.1 Å². The number of benzene rings is 2. The lowest BCUT2D eigenvalue weighted by Gasteiger charge is -2.37. The van der Waals surface area contributed by atoms with E-state index in [9.17, 15) is 19.2 Å². The van der Waals surface area contributed by atoms with Gasteiger partial charge in [0, 0.05) is 18.7 Å². The minimum Gasteiger partial charge on any atom is -0.426 e. The van der Waals surface area contributed by atoms with Crippen molar-refractivity contribution in [2.45, 2.75) is 12.8 Å². The molecule has 0 unspecified atom stereocenters. The van der Waals surface area contributed by atoms with Crippen LogP contribution in [0.5, 0.6) is 5.75 Å². The van der Waals surface area contributed by atoms with Crippen molar-refractivity contribution in [2.24, 2.45) is 41.4 Å². The average molecular weight is 469 g/mol. The first-order chi connectivity index (χ1) is 17.0. The maximum atomic E-state index is 13.3. The highest BCUT2D eigenvalue weighted by Gasteiger charge is 2.67. The van der Waals surface area contributed by atoms with Crippen LogP contribution in [0.25, 0.3) is 0 Å². The van der Waals surface area contributed by atoms with Gasteiger partial charge in [0.1, 0.15) is 5.75 Å². The molecule has 0 spiro atoms. The van der Waals surface area contributed by atoms with Gasteiger partial charge in [0.15, 0.2) is 0 Å². The number of hydrogen-bond donors (Lipinski definition) is 0. The monoisotopic (exact) mass is 468 g/mol. The summed E-state index contributed by atoms with van der Waals surface area (Å²) in [5.74, 6) is -0.0341. The molecule has 4 fully saturated rings. The molecular weight excluding hydrogens is 444 g/mol. The van der Waals surface area contributed by atoms with E-state index in [2.05, 4.69) is 12.2 Å². The summed E-state index contributed by atoms with van der Waals surface area (Å²) in [5.41, 5.74) is 1.27. The highest BCUT2D eigenvalue weighted by molar-refractivity contribution is 6.22. The van der Waals surface area contributed by atoms with E-state index in [1.54, 1.807) is 29.2 Å². The van der Waals surface area contributed by atoms with Crippen molar-refractivity contribution in [3.63, 3.8) is 0 Å². The van der Waals surface area contributed by atoms with E-state index in [1.165, 1.54) is 4.90 Å². The van der Waals surface area contributed by atoms with E-state index in [0.717, 1.165) is 12.1 Å². The molecule has 2 heterocycles. The summed E-state index contributed by atoms with van der Waals surface area (Å²) in [7, 11) is 0. The molecule has 2 saturated heterocycles. The summed E-state index contributed by atoms with van der Waals surface area (Å²) in [6, 6.07) is 15.8. The molecule has 0 N–H and O–H groups in total. The Morgan fingerprint density at radius 3 is 2.06 bits per heavy atom. The van der Waals surface area contributed by atoms with E-state index >= 15 is 0 Å². The van der Waals surface area contributed by atoms with Gasteiger partial charge in [-0.2, -0.15) is 0 Å². The third-order valence-corrected chi connectivity index (χ3v) is 8.50. The predicted molar refractivity (Wildman–Crippen MR) is 126 cm³/mol. The SMILES string of the molecule is O=C(Oc1ccc(N2C(=O)[C@@H]3[C@H]4C=C[C@@H]([C@@H]5C[C@H]45)[C@@H]3C2=O)cc1)[C@@H]1CC(=O)N(c2ccccc2)C1. The fourth-order valence-electron chi connectivity index (χ4n) is 6.80. The second kappa shape index (κ2) is 7.38. The number of rotatable bonds is 4. The van der Waals surface area contributed by atoms with Crippen LogP contribution in [0.4, 0.5) is 11.4 Å². The topological polar surface area (TPSA) is 84.0 Å². The minimum absolute atomic E-state index is 0.101. The lowest BCUT2D eigenvalue weighted by Crippen LogP contribution is -2.40. The van der Waals surface area contributed by atoms with Crippen molar-refractivity contribution >= 4 is 35.1 Å². The van der Waals surface area contributed by atoms with Crippen LogP contribution in [0.2, 0.25) is 0 Å². The van der Waals surface area contributed by atoms with Crippen molar-refractivity contribution in [1.29, 1.82) is 0 Å². The molecule has 2 aromatic rings. The number of imide groups is 1. The number of carbonyl (C=O) groups is 4. The molecule has 0 aromatic heterocycles. The molecule has 2 aliphatic heterocycles. The molecule has 7 nitrogen and oxygen atoms in total. The van der Waals surface area contributed by atoms with Crippen LogP contribution >= 0.6 is 0 Å². The summed E-state index contributed by atoms with van der Waals surface area (Å²) < 4.78 is 5.54. The molecular formula is C28H24N2O5. The van der Waals surface area contributed by atoms with E-state index in [-0.39, 0.29) is 54.4 Å². The van der Waals surface area contributed by atoms with Crippen molar-refractivity contribution in [2.75, 3.05) is 16.3 Å². The lowest BCUT2D eigenvalue weighted by molar-refractivity contribution is -0.139. The number of carbonyl (C=O) groups excluding carboxylic acids is 4. The Morgan fingerprint density at radius 2 is 1.43 bits per heavy atom. The Labute approximate surface area is 202 Å². The third kappa shape index (κ3) is 3.03. The lowest BCUT2D eigenvalue weighted by atomic mass is 9.63. The molecule has 7 atom stereocenters. The number of allylic oxidation sites excluding steroid dienone is 2. The molecule has 2 bridgehead atoms. The van der Waals surface area contributed by atoms with E-state index in [1.807, 2.05) is 30.3 Å². The van der Waals surface area contributed by atoms with Gasteiger partial charge in [-0.25, -0.2) is 0 Å². The first-order valence-corrected chi connectivity index (χ1v) is 12.2. The molecule has 35 heavy (non-hydrogen) atoms. The number of hydrogen-bond acceptors (Lipinski definition) is 5. The first-order valence-electron chi connectivity index (χ1n) is 12.2. The zero-order chi connectivity index (χ0) is 23.8. The highest BCUT2D eigenvalue weighted by atomic mass is 16.5. The van der Waals surface area contributed by atoms with Crippen LogP contribution in [0.1, 0.15) is 12.8 Å². The summed E-state index contributed by atoms with van der Waals surface area (Å²) in [4.78, 5) is 54.6. The van der Waals surface area contributed by atoms with Gasteiger partial charge >= 0.3 is 5.97 Å². The van der Waals surface area contributed by atoms with E-state index < -0.39 is 11.9 Å². The number of esters is 1. The molecule has 4 aliphatic carbocycles. The standard InChI is InChI=1S/C28H24N2O5/c31-23-12-15(14-29(23)16-4-2-1-3-5-16)28(34)35-18-8-6-17(7-9-18)30-26(32)24-19-10-11-20(22-13-21(19)22)25(24)27(30)33/h1-11,15,19-22,24-25H,12-14H2/t15-,19+,20+,21-,22+,24-,25+/m1/s1.